The van der Waals surface area contributed by atoms with E-state index in [9.17, 15) is 9.59 Å². The van der Waals surface area contributed by atoms with E-state index in [1.807, 2.05) is 60.7 Å². The zero-order valence-corrected chi connectivity index (χ0v) is 19.8. The summed E-state index contributed by atoms with van der Waals surface area (Å²) in [4.78, 5) is 26.6. The van der Waals surface area contributed by atoms with Crippen molar-refractivity contribution in [2.24, 2.45) is 5.92 Å². The normalized spacial score (nSPS) is 19.5. The van der Waals surface area contributed by atoms with Crippen LogP contribution in [0.4, 0.5) is 0 Å². The summed E-state index contributed by atoms with van der Waals surface area (Å²) in [6, 6.07) is 37.8. The molecule has 0 bridgehead atoms. The minimum Gasteiger partial charge on any atom is -0.351 e. The molecule has 0 spiro atoms. The largest absolute Gasteiger partial charge is 0.351 e. The first-order valence-corrected chi connectivity index (χ1v) is 12.2. The molecule has 4 aromatic carbocycles. The van der Waals surface area contributed by atoms with E-state index in [0.29, 0.717) is 17.7 Å². The number of carbonyl (C=O) groups is 2. The molecule has 1 saturated carbocycles. The molecular formula is C32H29NO2. The number of benzene rings is 4. The zero-order chi connectivity index (χ0) is 24.2. The molecular weight excluding hydrogens is 430 g/mol. The fourth-order valence-corrected chi connectivity index (χ4v) is 5.07. The SMILES string of the molecule is C[C@H](CNC(=O)c1cccc(C(=O)C2[C@@H](c3ccccc3)[C@@H]2c2ccccc2)c1)c1ccccc1. The Balaban J connectivity index is 1.32. The molecule has 1 fully saturated rings. The lowest BCUT2D eigenvalue weighted by Gasteiger charge is -2.13. The highest BCUT2D eigenvalue weighted by atomic mass is 16.1. The molecule has 174 valence electrons. The van der Waals surface area contributed by atoms with Crippen LogP contribution in [-0.2, 0) is 0 Å². The molecule has 5 rings (SSSR count). The maximum atomic E-state index is 13.7. The van der Waals surface area contributed by atoms with Crippen LogP contribution in [-0.4, -0.2) is 18.2 Å². The van der Waals surface area contributed by atoms with Crippen LogP contribution in [0.15, 0.2) is 115 Å². The first-order chi connectivity index (χ1) is 17.1. The highest BCUT2D eigenvalue weighted by Crippen LogP contribution is 2.61. The lowest BCUT2D eigenvalue weighted by molar-refractivity contribution is 0.0951. The van der Waals surface area contributed by atoms with Gasteiger partial charge >= 0.3 is 0 Å². The Kier molecular flexibility index (Phi) is 6.58. The van der Waals surface area contributed by atoms with Crippen LogP contribution >= 0.6 is 0 Å². The summed E-state index contributed by atoms with van der Waals surface area (Å²) in [5, 5.41) is 3.03. The smallest absolute Gasteiger partial charge is 0.251 e. The fourth-order valence-electron chi connectivity index (χ4n) is 5.07. The molecule has 35 heavy (non-hydrogen) atoms. The van der Waals surface area contributed by atoms with Gasteiger partial charge in [0.05, 0.1) is 0 Å². The van der Waals surface area contributed by atoms with E-state index in [0.717, 1.165) is 0 Å². The van der Waals surface area contributed by atoms with Gasteiger partial charge in [-0.3, -0.25) is 9.59 Å². The average molecular weight is 460 g/mol. The summed E-state index contributed by atoms with van der Waals surface area (Å²) in [5.41, 5.74) is 4.67. The Morgan fingerprint density at radius 3 is 1.77 bits per heavy atom. The number of hydrogen-bond acceptors (Lipinski definition) is 2. The quantitative estimate of drug-likeness (QED) is 0.302. The number of rotatable bonds is 8. The molecule has 1 aliphatic carbocycles. The van der Waals surface area contributed by atoms with Crippen LogP contribution in [0.2, 0.25) is 0 Å². The average Bonchev–Trinajstić information content (AvgIpc) is 3.68. The van der Waals surface area contributed by atoms with Gasteiger partial charge in [-0.15, -0.1) is 0 Å². The summed E-state index contributed by atoms with van der Waals surface area (Å²) in [5.74, 6) is 0.314. The van der Waals surface area contributed by atoms with Crippen LogP contribution in [0.1, 0.15) is 62.1 Å². The third-order valence-electron chi connectivity index (χ3n) is 7.04. The second-order valence-electron chi connectivity index (χ2n) is 9.37. The number of ketones is 1. The molecule has 3 nitrogen and oxygen atoms in total. The van der Waals surface area contributed by atoms with Crippen molar-refractivity contribution in [3.8, 4) is 0 Å². The lowest BCUT2D eigenvalue weighted by Crippen LogP contribution is -2.27. The molecule has 0 radical (unpaired) electrons. The molecule has 3 atom stereocenters. The van der Waals surface area contributed by atoms with Gasteiger partial charge < -0.3 is 5.32 Å². The van der Waals surface area contributed by atoms with Crippen molar-refractivity contribution in [1.29, 1.82) is 0 Å². The van der Waals surface area contributed by atoms with E-state index in [-0.39, 0.29) is 35.4 Å². The maximum Gasteiger partial charge on any atom is 0.251 e. The van der Waals surface area contributed by atoms with Gasteiger partial charge in [-0.1, -0.05) is 110 Å². The molecule has 4 aromatic rings. The Bertz CT molecular complexity index is 1260. The molecule has 1 amide bonds. The first-order valence-electron chi connectivity index (χ1n) is 12.2. The van der Waals surface area contributed by atoms with Crippen LogP contribution in [0.3, 0.4) is 0 Å². The number of carbonyl (C=O) groups excluding carboxylic acids is 2. The molecule has 0 heterocycles. The summed E-state index contributed by atoms with van der Waals surface area (Å²) in [6.45, 7) is 2.63. The van der Waals surface area contributed by atoms with E-state index >= 15 is 0 Å². The van der Waals surface area contributed by atoms with Crippen molar-refractivity contribution in [3.63, 3.8) is 0 Å². The van der Waals surface area contributed by atoms with Gasteiger partial charge in [-0.05, 0) is 34.7 Å². The summed E-state index contributed by atoms with van der Waals surface area (Å²) >= 11 is 0. The summed E-state index contributed by atoms with van der Waals surface area (Å²) < 4.78 is 0. The molecule has 3 heteroatoms. The highest BCUT2D eigenvalue weighted by Gasteiger charge is 2.55. The van der Waals surface area contributed by atoms with Crippen molar-refractivity contribution in [2.75, 3.05) is 6.54 Å². The minimum absolute atomic E-state index is 0.0972. The summed E-state index contributed by atoms with van der Waals surface area (Å²) in [6.07, 6.45) is 0. The molecule has 1 N–H and O–H groups in total. The number of nitrogens with one attached hydrogen (secondary N) is 1. The topological polar surface area (TPSA) is 46.2 Å². The van der Waals surface area contributed by atoms with Gasteiger partial charge in [-0.25, -0.2) is 0 Å². The molecule has 0 saturated heterocycles. The fraction of sp³-hybridized carbons (Fsp3) is 0.188. The third kappa shape index (κ3) is 4.95. The molecule has 0 aliphatic heterocycles. The van der Waals surface area contributed by atoms with Crippen LogP contribution in [0, 0.1) is 5.92 Å². The van der Waals surface area contributed by atoms with Gasteiger partial charge in [0.2, 0.25) is 0 Å². The van der Waals surface area contributed by atoms with Crippen LogP contribution in [0.25, 0.3) is 0 Å². The highest BCUT2D eigenvalue weighted by molar-refractivity contribution is 6.04. The standard InChI is InChI=1S/C32H29NO2/c1-22(23-12-5-2-6-13-23)21-33-32(35)27-19-11-18-26(20-27)31(34)30-28(24-14-7-3-8-15-24)29(30)25-16-9-4-10-17-25/h2-20,22,28-30H,21H2,1H3,(H,33,35)/t22-,28+,29+/m1/s1. The Morgan fingerprint density at radius 1 is 0.686 bits per heavy atom. The molecule has 0 aromatic heterocycles. The van der Waals surface area contributed by atoms with Gasteiger partial charge in [0.25, 0.3) is 5.91 Å². The monoisotopic (exact) mass is 459 g/mol. The predicted molar refractivity (Wildman–Crippen MR) is 140 cm³/mol. The van der Waals surface area contributed by atoms with E-state index in [4.69, 9.17) is 0 Å². The number of Topliss-reactive ketones (excluding diaryl/α,β-unsaturated/α-hetero) is 1. The second kappa shape index (κ2) is 10.1. The molecule has 1 aliphatic rings. The molecule has 0 unspecified atom stereocenters. The van der Waals surface area contributed by atoms with Crippen molar-refractivity contribution in [1.82, 2.24) is 5.32 Å². The second-order valence-corrected chi connectivity index (χ2v) is 9.37. The first kappa shape index (κ1) is 22.8. The van der Waals surface area contributed by atoms with Crippen LogP contribution < -0.4 is 5.32 Å². The Hall–Kier alpha value is -3.98. The Labute approximate surface area is 206 Å². The van der Waals surface area contributed by atoms with Gasteiger partial charge in [0.15, 0.2) is 5.78 Å². The van der Waals surface area contributed by atoms with Gasteiger partial charge in [0, 0.05) is 35.4 Å². The van der Waals surface area contributed by atoms with Crippen molar-refractivity contribution < 1.29 is 9.59 Å². The maximum absolute atomic E-state index is 13.7. The third-order valence-corrected chi connectivity index (χ3v) is 7.04. The number of amides is 1. The van der Waals surface area contributed by atoms with E-state index in [2.05, 4.69) is 48.6 Å². The lowest BCUT2D eigenvalue weighted by atomic mass is 9.99. The van der Waals surface area contributed by atoms with Crippen molar-refractivity contribution >= 4 is 11.7 Å². The minimum atomic E-state index is -0.155. The predicted octanol–water partition coefficient (Wildman–Crippen LogP) is 6.60. The zero-order valence-electron chi connectivity index (χ0n) is 19.8. The number of hydrogen-bond donors (Lipinski definition) is 1. The van der Waals surface area contributed by atoms with E-state index in [1.54, 1.807) is 18.2 Å². The van der Waals surface area contributed by atoms with E-state index in [1.165, 1.54) is 16.7 Å². The van der Waals surface area contributed by atoms with Crippen molar-refractivity contribution in [3.05, 3.63) is 143 Å². The van der Waals surface area contributed by atoms with Crippen molar-refractivity contribution in [2.45, 2.75) is 24.7 Å². The van der Waals surface area contributed by atoms with Gasteiger partial charge in [0.1, 0.15) is 0 Å². The summed E-state index contributed by atoms with van der Waals surface area (Å²) in [7, 11) is 0. The van der Waals surface area contributed by atoms with E-state index < -0.39 is 0 Å². The van der Waals surface area contributed by atoms with Gasteiger partial charge in [-0.2, -0.15) is 0 Å². The van der Waals surface area contributed by atoms with Crippen LogP contribution in [0.5, 0.6) is 0 Å². The Morgan fingerprint density at radius 2 is 1.20 bits per heavy atom.